The topological polar surface area (TPSA) is 50.2 Å². The molecule has 0 spiro atoms. The largest absolute Gasteiger partial charge is 0.481 e. The van der Waals surface area contributed by atoms with E-state index in [1.165, 1.54) is 6.07 Å². The Bertz CT molecular complexity index is 392. The second-order valence-electron chi connectivity index (χ2n) is 2.69. The number of carboxylic acids is 1. The van der Waals surface area contributed by atoms with Gasteiger partial charge in [-0.15, -0.1) is 0 Å². The van der Waals surface area contributed by atoms with Crippen molar-refractivity contribution in [1.29, 1.82) is 0 Å². The molecule has 0 aliphatic rings. The Morgan fingerprint density at radius 1 is 1.47 bits per heavy atom. The van der Waals surface area contributed by atoms with Gasteiger partial charge >= 0.3 is 12.1 Å². The Morgan fingerprint density at radius 3 is 2.53 bits per heavy atom. The predicted molar refractivity (Wildman–Crippen MR) is 53.3 cm³/mol. The molecule has 0 saturated heterocycles. The standard InChI is InChI=1S/C8H5F3INO2/c9-8(10,11)6-2-1-4(12)5(13-6)3-7(14)15/h1-2H,3H2,(H,14,15). The number of aliphatic carboxylic acids is 1. The summed E-state index contributed by atoms with van der Waals surface area (Å²) in [5.74, 6) is -1.21. The fourth-order valence-corrected chi connectivity index (χ4v) is 1.40. The van der Waals surface area contributed by atoms with E-state index in [4.69, 9.17) is 5.11 Å². The average Bonchev–Trinajstić information content (AvgIpc) is 2.06. The molecule has 3 nitrogen and oxygen atoms in total. The number of pyridine rings is 1. The zero-order chi connectivity index (χ0) is 11.6. The van der Waals surface area contributed by atoms with E-state index in [-0.39, 0.29) is 5.69 Å². The molecule has 0 aliphatic carbocycles. The lowest BCUT2D eigenvalue weighted by molar-refractivity contribution is -0.142. The number of carboxylic acid groups (broad SMARTS) is 1. The summed E-state index contributed by atoms with van der Waals surface area (Å²) in [6, 6.07) is 2.03. The van der Waals surface area contributed by atoms with Crippen molar-refractivity contribution >= 4 is 28.6 Å². The molecule has 1 aromatic rings. The fourth-order valence-electron chi connectivity index (χ4n) is 0.909. The smallest absolute Gasteiger partial charge is 0.433 e. The van der Waals surface area contributed by atoms with Gasteiger partial charge in [-0.3, -0.25) is 4.79 Å². The highest BCUT2D eigenvalue weighted by molar-refractivity contribution is 14.1. The summed E-state index contributed by atoms with van der Waals surface area (Å²) in [4.78, 5) is 13.6. The van der Waals surface area contributed by atoms with Gasteiger partial charge in [0, 0.05) is 3.57 Å². The third kappa shape index (κ3) is 3.33. The van der Waals surface area contributed by atoms with Crippen molar-refractivity contribution in [2.24, 2.45) is 0 Å². The van der Waals surface area contributed by atoms with Crippen molar-refractivity contribution in [2.45, 2.75) is 12.6 Å². The first-order chi connectivity index (χ1) is 6.80. The van der Waals surface area contributed by atoms with E-state index in [0.717, 1.165) is 6.07 Å². The second kappa shape index (κ2) is 4.33. The number of carbonyl (C=O) groups is 1. The molecule has 82 valence electrons. The van der Waals surface area contributed by atoms with E-state index in [1.807, 2.05) is 0 Å². The molecular formula is C8H5F3INO2. The van der Waals surface area contributed by atoms with Gasteiger partial charge in [-0.2, -0.15) is 13.2 Å². The third-order valence-corrected chi connectivity index (χ3v) is 2.51. The number of aromatic nitrogens is 1. The summed E-state index contributed by atoms with van der Waals surface area (Å²) in [5, 5.41) is 8.46. The maximum absolute atomic E-state index is 12.2. The molecule has 0 radical (unpaired) electrons. The summed E-state index contributed by atoms with van der Waals surface area (Å²) in [7, 11) is 0. The first-order valence-electron chi connectivity index (χ1n) is 3.75. The number of rotatable bonds is 2. The van der Waals surface area contributed by atoms with Gasteiger partial charge in [-0.05, 0) is 34.7 Å². The fraction of sp³-hybridized carbons (Fsp3) is 0.250. The van der Waals surface area contributed by atoms with E-state index in [0.29, 0.717) is 3.57 Å². The highest BCUT2D eigenvalue weighted by Gasteiger charge is 2.32. The maximum Gasteiger partial charge on any atom is 0.433 e. The summed E-state index contributed by atoms with van der Waals surface area (Å²) in [6.45, 7) is 0. The Labute approximate surface area is 96.5 Å². The minimum absolute atomic E-state index is 0.0714. The van der Waals surface area contributed by atoms with E-state index < -0.39 is 24.3 Å². The van der Waals surface area contributed by atoms with Crippen LogP contribution in [-0.2, 0) is 17.4 Å². The summed E-state index contributed by atoms with van der Waals surface area (Å²) in [5.41, 5.74) is -1.14. The molecule has 0 amide bonds. The van der Waals surface area contributed by atoms with Crippen LogP contribution in [0.2, 0.25) is 0 Å². The summed E-state index contributed by atoms with van der Waals surface area (Å²) in [6.07, 6.45) is -5.06. The molecule has 0 aliphatic heterocycles. The molecule has 15 heavy (non-hydrogen) atoms. The highest BCUT2D eigenvalue weighted by atomic mass is 127. The molecule has 0 fully saturated rings. The monoisotopic (exact) mass is 331 g/mol. The second-order valence-corrected chi connectivity index (χ2v) is 3.86. The van der Waals surface area contributed by atoms with Crippen molar-refractivity contribution in [2.75, 3.05) is 0 Å². The molecule has 1 N–H and O–H groups in total. The predicted octanol–water partition coefficient (Wildman–Crippen LogP) is 2.33. The van der Waals surface area contributed by atoms with Crippen molar-refractivity contribution in [1.82, 2.24) is 4.98 Å². The van der Waals surface area contributed by atoms with Crippen LogP contribution < -0.4 is 0 Å². The van der Waals surface area contributed by atoms with Crippen molar-refractivity contribution in [3.8, 4) is 0 Å². The van der Waals surface area contributed by atoms with Crippen LogP contribution in [0.1, 0.15) is 11.4 Å². The van der Waals surface area contributed by atoms with Crippen molar-refractivity contribution < 1.29 is 23.1 Å². The van der Waals surface area contributed by atoms with Crippen LogP contribution in [-0.4, -0.2) is 16.1 Å². The molecule has 7 heteroatoms. The Morgan fingerprint density at radius 2 is 2.07 bits per heavy atom. The first-order valence-corrected chi connectivity index (χ1v) is 4.83. The quantitative estimate of drug-likeness (QED) is 0.847. The van der Waals surface area contributed by atoms with E-state index in [2.05, 4.69) is 4.98 Å². The molecule has 0 unspecified atom stereocenters. The molecule has 0 aromatic carbocycles. The van der Waals surface area contributed by atoms with Gasteiger partial charge in [-0.25, -0.2) is 4.98 Å². The molecular weight excluding hydrogens is 326 g/mol. The van der Waals surface area contributed by atoms with Crippen LogP contribution in [0.15, 0.2) is 12.1 Å². The Kier molecular flexibility index (Phi) is 3.53. The average molecular weight is 331 g/mol. The Balaban J connectivity index is 3.11. The molecule has 1 heterocycles. The van der Waals surface area contributed by atoms with Gasteiger partial charge < -0.3 is 5.11 Å². The molecule has 1 rings (SSSR count). The lowest BCUT2D eigenvalue weighted by Crippen LogP contribution is -2.12. The number of nitrogens with zero attached hydrogens (tertiary/aromatic N) is 1. The van der Waals surface area contributed by atoms with Crippen LogP contribution in [0.5, 0.6) is 0 Å². The maximum atomic E-state index is 12.2. The van der Waals surface area contributed by atoms with E-state index in [1.54, 1.807) is 22.6 Å². The van der Waals surface area contributed by atoms with Crippen molar-refractivity contribution in [3.05, 3.63) is 27.1 Å². The summed E-state index contributed by atoms with van der Waals surface area (Å²) >= 11 is 1.75. The zero-order valence-electron chi connectivity index (χ0n) is 7.18. The van der Waals surface area contributed by atoms with Crippen LogP contribution in [0.25, 0.3) is 0 Å². The number of hydrogen-bond donors (Lipinski definition) is 1. The van der Waals surface area contributed by atoms with Gasteiger partial charge in [0.15, 0.2) is 0 Å². The minimum atomic E-state index is -4.54. The van der Waals surface area contributed by atoms with Crippen molar-refractivity contribution in [3.63, 3.8) is 0 Å². The van der Waals surface area contributed by atoms with Gasteiger partial charge in [0.05, 0.1) is 12.1 Å². The lowest BCUT2D eigenvalue weighted by Gasteiger charge is -2.08. The highest BCUT2D eigenvalue weighted by Crippen LogP contribution is 2.28. The van der Waals surface area contributed by atoms with Gasteiger partial charge in [0.25, 0.3) is 0 Å². The zero-order valence-corrected chi connectivity index (χ0v) is 9.33. The van der Waals surface area contributed by atoms with Crippen LogP contribution in [0.3, 0.4) is 0 Å². The van der Waals surface area contributed by atoms with Crippen LogP contribution in [0.4, 0.5) is 13.2 Å². The van der Waals surface area contributed by atoms with E-state index >= 15 is 0 Å². The van der Waals surface area contributed by atoms with Crippen LogP contribution >= 0.6 is 22.6 Å². The third-order valence-electron chi connectivity index (χ3n) is 1.53. The minimum Gasteiger partial charge on any atom is -0.481 e. The van der Waals surface area contributed by atoms with Crippen LogP contribution in [0, 0.1) is 3.57 Å². The molecule has 0 atom stereocenters. The van der Waals surface area contributed by atoms with Gasteiger partial charge in [-0.1, -0.05) is 0 Å². The van der Waals surface area contributed by atoms with E-state index in [9.17, 15) is 18.0 Å². The van der Waals surface area contributed by atoms with Gasteiger partial charge in [0.2, 0.25) is 0 Å². The number of halogens is 4. The normalized spacial score (nSPS) is 11.5. The Hall–Kier alpha value is -0.860. The molecule has 1 aromatic heterocycles. The number of hydrogen-bond acceptors (Lipinski definition) is 2. The lowest BCUT2D eigenvalue weighted by atomic mass is 10.2. The molecule has 0 saturated carbocycles. The summed E-state index contributed by atoms with van der Waals surface area (Å²) < 4.78 is 37.1. The first kappa shape index (κ1) is 12.2. The SMILES string of the molecule is O=C(O)Cc1nc(C(F)(F)F)ccc1I. The number of alkyl halides is 3. The van der Waals surface area contributed by atoms with Gasteiger partial charge in [0.1, 0.15) is 5.69 Å². The molecule has 0 bridgehead atoms.